The molecule has 0 aromatic heterocycles. The first-order chi connectivity index (χ1) is 17.9. The number of carbonyl (C=O) groups is 2. The molecule has 4 aromatic rings. The van der Waals surface area contributed by atoms with Crippen molar-refractivity contribution in [3.05, 3.63) is 143 Å². The van der Waals surface area contributed by atoms with Crippen LogP contribution in [-0.2, 0) is 31.2 Å². The summed E-state index contributed by atoms with van der Waals surface area (Å²) < 4.78 is 0. The molecule has 3 saturated carbocycles. The van der Waals surface area contributed by atoms with Crippen LogP contribution >= 0.6 is 0 Å². The van der Waals surface area contributed by atoms with E-state index in [1.807, 2.05) is 24.3 Å². The summed E-state index contributed by atoms with van der Waals surface area (Å²) >= 11 is 0. The average molecular weight is 481 g/mol. The van der Waals surface area contributed by atoms with E-state index in [2.05, 4.69) is 105 Å². The molecule has 9 rings (SSSR count). The molecule has 0 heterocycles. The molecule has 0 amide bonds. The van der Waals surface area contributed by atoms with Gasteiger partial charge in [-0.3, -0.25) is 9.59 Å². The quantitative estimate of drug-likeness (QED) is 0.344. The van der Waals surface area contributed by atoms with Crippen molar-refractivity contribution >= 4 is 11.6 Å². The van der Waals surface area contributed by atoms with Crippen LogP contribution in [-0.4, -0.2) is 11.6 Å². The zero-order chi connectivity index (χ0) is 25.3. The molecule has 0 N–H and O–H groups in total. The maximum atomic E-state index is 15.5. The highest BCUT2D eigenvalue weighted by atomic mass is 16.1. The highest BCUT2D eigenvalue weighted by molar-refractivity contribution is 6.18. The molecule has 4 aromatic carbocycles. The average Bonchev–Trinajstić information content (AvgIpc) is 3.20. The molecule has 0 saturated heterocycles. The topological polar surface area (TPSA) is 34.1 Å². The largest absolute Gasteiger partial charge is 0.299 e. The summed E-state index contributed by atoms with van der Waals surface area (Å²) in [6.07, 6.45) is 0.466. The lowest BCUT2D eigenvalue weighted by Crippen LogP contribution is -2.85. The molecule has 5 aliphatic rings. The van der Waals surface area contributed by atoms with Crippen LogP contribution in [0.4, 0.5) is 0 Å². The lowest BCUT2D eigenvalue weighted by Gasteiger charge is -2.78. The van der Waals surface area contributed by atoms with Crippen LogP contribution in [0.3, 0.4) is 0 Å². The minimum Gasteiger partial charge on any atom is -0.299 e. The Morgan fingerprint density at radius 2 is 1.03 bits per heavy atom. The maximum Gasteiger partial charge on any atom is 0.156 e. The summed E-state index contributed by atoms with van der Waals surface area (Å²) in [5.74, 6) is 0.0149. The predicted octanol–water partition coefficient (Wildman–Crippen LogP) is 6.31. The molecule has 6 atom stereocenters. The van der Waals surface area contributed by atoms with Crippen molar-refractivity contribution in [1.82, 2.24) is 0 Å². The fourth-order valence-electron chi connectivity index (χ4n) is 10.6. The number of hydrogen-bond donors (Lipinski definition) is 0. The van der Waals surface area contributed by atoms with Gasteiger partial charge in [-0.1, -0.05) is 122 Å². The number of ketones is 2. The molecule has 2 heteroatoms. The van der Waals surface area contributed by atoms with Crippen LogP contribution in [0.15, 0.2) is 115 Å². The Kier molecular flexibility index (Phi) is 3.67. The summed E-state index contributed by atoms with van der Waals surface area (Å²) in [6, 6.07) is 40.0. The zero-order valence-electron chi connectivity index (χ0n) is 21.1. The van der Waals surface area contributed by atoms with Gasteiger partial charge in [-0.05, 0) is 34.7 Å². The molecule has 6 bridgehead atoms. The van der Waals surface area contributed by atoms with Crippen LogP contribution in [0, 0.1) is 11.3 Å². The number of Topliss-reactive ketones (excluding diaryl/α,β-unsaturated/α-hetero) is 2. The fraction of sp³-hybridized carbons (Fsp3) is 0.257. The van der Waals surface area contributed by atoms with Crippen LogP contribution in [0.25, 0.3) is 0 Å². The molecule has 0 spiro atoms. The van der Waals surface area contributed by atoms with Crippen molar-refractivity contribution < 1.29 is 9.59 Å². The summed E-state index contributed by atoms with van der Waals surface area (Å²) in [4.78, 5) is 29.9. The standard InChI is InChI=1S/C35H28O2/c1-31-22-28(36)29-32(2)26-20-12-13-21-27(26)33(31,23-14-6-3-7-15-23)35(30(32)37,25-18-10-5-11-19-25)34(29,31)24-16-8-4-9-17-24/h3-21,29H,22H2,1-2H3/t29-,31+,32-,33-,34+,35+/m1/s1. The third kappa shape index (κ3) is 1.74. The summed E-state index contributed by atoms with van der Waals surface area (Å²) in [5.41, 5.74) is 1.92. The van der Waals surface area contributed by atoms with Gasteiger partial charge in [-0.15, -0.1) is 0 Å². The molecule has 0 aliphatic heterocycles. The molecular weight excluding hydrogens is 452 g/mol. The van der Waals surface area contributed by atoms with Crippen LogP contribution in [0.2, 0.25) is 0 Å². The van der Waals surface area contributed by atoms with E-state index in [0.717, 1.165) is 22.3 Å². The van der Waals surface area contributed by atoms with Gasteiger partial charge in [0.15, 0.2) is 5.78 Å². The maximum absolute atomic E-state index is 15.5. The van der Waals surface area contributed by atoms with Gasteiger partial charge in [0.2, 0.25) is 0 Å². The molecule has 180 valence electrons. The lowest BCUT2D eigenvalue weighted by molar-refractivity contribution is -0.168. The van der Waals surface area contributed by atoms with Gasteiger partial charge in [0.25, 0.3) is 0 Å². The van der Waals surface area contributed by atoms with Gasteiger partial charge < -0.3 is 0 Å². The van der Waals surface area contributed by atoms with E-state index < -0.39 is 33.0 Å². The third-order valence-electron chi connectivity index (χ3n) is 11.1. The highest BCUT2D eigenvalue weighted by Gasteiger charge is 3.01. The van der Waals surface area contributed by atoms with Gasteiger partial charge in [0.05, 0.1) is 10.8 Å². The second-order valence-electron chi connectivity index (χ2n) is 11.9. The highest BCUT2D eigenvalue weighted by Crippen LogP contribution is 2.93. The SMILES string of the molecule is C[C@@]12CC(=O)[C@H]3[C@]1(c1ccccc1)[C@@]1(c4ccccc4)C(=O)[C@]3(C)c3ccccc3[C@]21c1ccccc1. The number of rotatable bonds is 3. The Labute approximate surface area is 217 Å². The Morgan fingerprint density at radius 3 is 1.59 bits per heavy atom. The summed E-state index contributed by atoms with van der Waals surface area (Å²) in [6.45, 7) is 4.39. The van der Waals surface area contributed by atoms with Crippen molar-refractivity contribution in [2.45, 2.75) is 41.9 Å². The van der Waals surface area contributed by atoms with Crippen molar-refractivity contribution in [3.8, 4) is 0 Å². The van der Waals surface area contributed by atoms with E-state index in [4.69, 9.17) is 0 Å². The van der Waals surface area contributed by atoms with Gasteiger partial charge >= 0.3 is 0 Å². The van der Waals surface area contributed by atoms with Gasteiger partial charge in [-0.25, -0.2) is 0 Å². The van der Waals surface area contributed by atoms with Gasteiger partial charge in [0.1, 0.15) is 5.78 Å². The van der Waals surface area contributed by atoms with E-state index >= 15 is 4.79 Å². The van der Waals surface area contributed by atoms with Crippen molar-refractivity contribution in [3.63, 3.8) is 0 Å². The first kappa shape index (κ1) is 21.3. The van der Waals surface area contributed by atoms with E-state index in [1.54, 1.807) is 0 Å². The Morgan fingerprint density at radius 1 is 0.568 bits per heavy atom. The van der Waals surface area contributed by atoms with E-state index in [9.17, 15) is 4.79 Å². The van der Waals surface area contributed by atoms with E-state index in [0.29, 0.717) is 6.42 Å². The summed E-state index contributed by atoms with van der Waals surface area (Å²) in [5, 5.41) is 0. The predicted molar refractivity (Wildman–Crippen MR) is 143 cm³/mol. The first-order valence-electron chi connectivity index (χ1n) is 13.3. The monoisotopic (exact) mass is 480 g/mol. The van der Waals surface area contributed by atoms with E-state index in [1.165, 1.54) is 5.56 Å². The molecule has 37 heavy (non-hydrogen) atoms. The normalized spacial score (nSPS) is 38.3. The van der Waals surface area contributed by atoms with Gasteiger partial charge in [-0.2, -0.15) is 0 Å². The van der Waals surface area contributed by atoms with Crippen molar-refractivity contribution in [1.29, 1.82) is 0 Å². The molecule has 5 aliphatic carbocycles. The van der Waals surface area contributed by atoms with E-state index in [-0.39, 0.29) is 11.6 Å². The smallest absolute Gasteiger partial charge is 0.156 e. The minimum atomic E-state index is -0.904. The number of benzene rings is 4. The molecule has 2 nitrogen and oxygen atoms in total. The third-order valence-corrected chi connectivity index (χ3v) is 11.1. The Bertz CT molecular complexity index is 1630. The number of carbonyl (C=O) groups excluding carboxylic acids is 2. The second-order valence-corrected chi connectivity index (χ2v) is 11.9. The second kappa shape index (κ2) is 6.37. The summed E-state index contributed by atoms with van der Waals surface area (Å²) in [7, 11) is 0. The van der Waals surface area contributed by atoms with Crippen molar-refractivity contribution in [2.75, 3.05) is 0 Å². The Balaban J connectivity index is 1.69. The lowest BCUT2D eigenvalue weighted by atomic mass is 9.21. The zero-order valence-corrected chi connectivity index (χ0v) is 21.1. The molecule has 0 unspecified atom stereocenters. The molecule has 3 fully saturated rings. The fourth-order valence-corrected chi connectivity index (χ4v) is 10.6. The van der Waals surface area contributed by atoms with Crippen LogP contribution < -0.4 is 0 Å². The Hall–Kier alpha value is -3.78. The number of hydrogen-bond acceptors (Lipinski definition) is 2. The molecular formula is C35H28O2. The van der Waals surface area contributed by atoms with Gasteiger partial charge in [0, 0.05) is 28.6 Å². The molecule has 0 radical (unpaired) electrons. The minimum absolute atomic E-state index is 0.202. The van der Waals surface area contributed by atoms with Crippen LogP contribution in [0.1, 0.15) is 48.1 Å². The first-order valence-corrected chi connectivity index (χ1v) is 13.3. The van der Waals surface area contributed by atoms with Crippen LogP contribution in [0.5, 0.6) is 0 Å². The van der Waals surface area contributed by atoms with Crippen molar-refractivity contribution in [2.24, 2.45) is 11.3 Å².